The van der Waals surface area contributed by atoms with E-state index in [1.807, 2.05) is 18.2 Å². The lowest BCUT2D eigenvalue weighted by Crippen LogP contribution is -2.57. The lowest BCUT2D eigenvalue weighted by atomic mass is 9.79. The maximum absolute atomic E-state index is 13.5. The van der Waals surface area contributed by atoms with Gasteiger partial charge < -0.3 is 30.3 Å². The minimum absolute atomic E-state index is 0.147. The number of carbonyl (C=O) groups excluding carboxylic acids is 5. The monoisotopic (exact) mass is 664 g/mol. The average molecular weight is 665 g/mol. The molecule has 49 heavy (non-hydrogen) atoms. The van der Waals surface area contributed by atoms with Crippen molar-refractivity contribution < 1.29 is 33.4 Å². The van der Waals surface area contributed by atoms with Gasteiger partial charge in [-0.2, -0.15) is 0 Å². The fraction of sp³-hybridized carbons (Fsp3) is 0.237. The third-order valence-corrected chi connectivity index (χ3v) is 7.59. The average Bonchev–Trinajstić information content (AvgIpc) is 3.10. The molecule has 4 rings (SSSR count). The van der Waals surface area contributed by atoms with Crippen molar-refractivity contribution >= 4 is 35.3 Å². The summed E-state index contributed by atoms with van der Waals surface area (Å²) in [6.45, 7) is 3.44. The van der Waals surface area contributed by atoms with Crippen molar-refractivity contribution in [1.29, 1.82) is 0 Å². The van der Waals surface area contributed by atoms with Crippen molar-refractivity contribution in [2.45, 2.75) is 25.7 Å². The van der Waals surface area contributed by atoms with Gasteiger partial charge in [0.25, 0.3) is 11.8 Å². The highest BCUT2D eigenvalue weighted by molar-refractivity contribution is 6.12. The smallest absolute Gasteiger partial charge is 0.310 e. The first-order valence-electron chi connectivity index (χ1n) is 15.9. The largest absolute Gasteiger partial charge is 0.463 e. The van der Waals surface area contributed by atoms with E-state index in [4.69, 9.17) is 9.47 Å². The number of anilines is 1. The molecular weight excluding hydrogens is 624 g/mol. The van der Waals surface area contributed by atoms with Crippen LogP contribution in [0.5, 0.6) is 11.5 Å². The van der Waals surface area contributed by atoms with Gasteiger partial charge in [-0.15, -0.1) is 0 Å². The van der Waals surface area contributed by atoms with Gasteiger partial charge in [0.05, 0.1) is 23.2 Å². The Morgan fingerprint density at radius 1 is 0.714 bits per heavy atom. The molecule has 0 aliphatic carbocycles. The third-order valence-electron chi connectivity index (χ3n) is 7.59. The van der Waals surface area contributed by atoms with E-state index in [-0.39, 0.29) is 36.3 Å². The molecule has 3 N–H and O–H groups in total. The van der Waals surface area contributed by atoms with Crippen LogP contribution in [0.15, 0.2) is 103 Å². The fourth-order valence-corrected chi connectivity index (χ4v) is 5.11. The number of likely N-dealkylation sites (N-methyl/N-ethyl adjacent to an activating group) is 2. The first-order chi connectivity index (χ1) is 23.6. The van der Waals surface area contributed by atoms with E-state index in [1.54, 1.807) is 101 Å². The second-order valence-electron chi connectivity index (χ2n) is 11.3. The van der Waals surface area contributed by atoms with Gasteiger partial charge in [0.2, 0.25) is 11.8 Å². The normalized spacial score (nSPS) is 10.8. The van der Waals surface area contributed by atoms with Crippen LogP contribution in [0.1, 0.15) is 45.7 Å². The molecule has 4 aromatic carbocycles. The first-order valence-corrected chi connectivity index (χ1v) is 15.9. The van der Waals surface area contributed by atoms with Crippen molar-refractivity contribution in [3.05, 3.63) is 125 Å². The highest BCUT2D eigenvalue weighted by Gasteiger charge is 2.48. The molecule has 0 atom stereocenters. The number of para-hydroxylation sites is 2. The van der Waals surface area contributed by atoms with Crippen LogP contribution in [-0.4, -0.2) is 68.3 Å². The molecule has 0 aromatic heterocycles. The van der Waals surface area contributed by atoms with E-state index in [0.717, 1.165) is 0 Å². The van der Waals surface area contributed by atoms with E-state index in [9.17, 15) is 24.0 Å². The number of rotatable bonds is 14. The van der Waals surface area contributed by atoms with Crippen molar-refractivity contribution in [1.82, 2.24) is 15.5 Å². The topological polar surface area (TPSA) is 143 Å². The Kier molecular flexibility index (Phi) is 12.3. The lowest BCUT2D eigenvalue weighted by molar-refractivity contribution is -0.150. The summed E-state index contributed by atoms with van der Waals surface area (Å²) in [5, 5.41) is 8.21. The molecule has 11 nitrogen and oxygen atoms in total. The zero-order valence-electron chi connectivity index (χ0n) is 27.9. The van der Waals surface area contributed by atoms with Crippen LogP contribution >= 0.6 is 0 Å². The molecule has 0 heterocycles. The molecule has 4 amide bonds. The van der Waals surface area contributed by atoms with Gasteiger partial charge in [0, 0.05) is 27.2 Å². The maximum Gasteiger partial charge on any atom is 0.310 e. The molecule has 0 radical (unpaired) electrons. The molecule has 0 saturated carbocycles. The molecule has 0 fully saturated rings. The number of nitrogens with one attached hydrogen (secondary N) is 3. The highest BCUT2D eigenvalue weighted by atomic mass is 16.5. The number of nitrogens with zero attached hydrogens (tertiary/aromatic N) is 1. The summed E-state index contributed by atoms with van der Waals surface area (Å²) >= 11 is 0. The molecule has 0 unspecified atom stereocenters. The van der Waals surface area contributed by atoms with E-state index < -0.39 is 41.6 Å². The molecule has 0 aliphatic rings. The van der Waals surface area contributed by atoms with Crippen LogP contribution in [-0.2, 0) is 31.0 Å². The number of carbonyl (C=O) groups is 5. The predicted molar refractivity (Wildman–Crippen MR) is 186 cm³/mol. The number of benzene rings is 4. The molecule has 254 valence electrons. The molecular formula is C38H40N4O7. The maximum atomic E-state index is 13.5. The lowest BCUT2D eigenvalue weighted by Gasteiger charge is -2.31. The Morgan fingerprint density at radius 3 is 1.92 bits per heavy atom. The first kappa shape index (κ1) is 35.9. The number of amides is 4. The quantitative estimate of drug-likeness (QED) is 0.131. The Labute approximate surface area is 285 Å². The number of hydrogen-bond donors (Lipinski definition) is 3. The van der Waals surface area contributed by atoms with Crippen LogP contribution in [0.3, 0.4) is 0 Å². The van der Waals surface area contributed by atoms with E-state index in [2.05, 4.69) is 16.0 Å². The van der Waals surface area contributed by atoms with Gasteiger partial charge in [0.1, 0.15) is 18.1 Å². The van der Waals surface area contributed by atoms with Crippen molar-refractivity contribution in [2.75, 3.05) is 39.1 Å². The van der Waals surface area contributed by atoms with Crippen LogP contribution in [0.25, 0.3) is 0 Å². The molecule has 0 saturated heterocycles. The van der Waals surface area contributed by atoms with Gasteiger partial charge in [-0.1, -0.05) is 66.7 Å². The second-order valence-corrected chi connectivity index (χ2v) is 11.3. The van der Waals surface area contributed by atoms with Crippen molar-refractivity contribution in [2.24, 2.45) is 0 Å². The number of ether oxygens (including phenoxy) is 2. The Bertz CT molecular complexity index is 1770. The molecule has 11 heteroatoms. The zero-order chi connectivity index (χ0) is 35.4. The van der Waals surface area contributed by atoms with Crippen LogP contribution in [0.2, 0.25) is 0 Å². The minimum Gasteiger partial charge on any atom is -0.463 e. The van der Waals surface area contributed by atoms with Crippen LogP contribution < -0.4 is 20.7 Å². The number of hydrogen-bond acceptors (Lipinski definition) is 7. The summed E-state index contributed by atoms with van der Waals surface area (Å²) in [7, 11) is 3.15. The van der Waals surface area contributed by atoms with Crippen LogP contribution in [0, 0.1) is 0 Å². The standard InChI is InChI=1S/C38H40N4O7/c1-5-39-36(46)38(37(47)40-6-2,27-15-9-7-10-16-27)25-48-33(43)24-26-21-22-31(30(23-26)35(45)42(3)4)41-34(44)29-19-13-14-20-32(29)49-28-17-11-8-12-18-28/h7-23H,5-6,24-25H2,1-4H3,(H,39,46)(H,40,47)(H,41,44). The van der Waals surface area contributed by atoms with Gasteiger partial charge in [-0.05, 0) is 61.4 Å². The van der Waals surface area contributed by atoms with E-state index in [1.165, 1.54) is 17.0 Å². The fourth-order valence-electron chi connectivity index (χ4n) is 5.11. The summed E-state index contributed by atoms with van der Waals surface area (Å²) in [4.78, 5) is 68.2. The van der Waals surface area contributed by atoms with Gasteiger partial charge in [0.15, 0.2) is 5.41 Å². The SMILES string of the molecule is CCNC(=O)C(COC(=O)Cc1ccc(NC(=O)c2ccccc2Oc2ccccc2)c(C(=O)N(C)C)c1)(C(=O)NCC)c1ccccc1. The third kappa shape index (κ3) is 8.69. The van der Waals surface area contributed by atoms with Crippen molar-refractivity contribution in [3.8, 4) is 11.5 Å². The van der Waals surface area contributed by atoms with Crippen LogP contribution in [0.4, 0.5) is 5.69 Å². The number of esters is 1. The molecule has 0 spiro atoms. The molecule has 4 aromatic rings. The van der Waals surface area contributed by atoms with Crippen molar-refractivity contribution in [3.63, 3.8) is 0 Å². The highest BCUT2D eigenvalue weighted by Crippen LogP contribution is 2.29. The summed E-state index contributed by atoms with van der Waals surface area (Å²) in [6, 6.07) is 28.8. The predicted octanol–water partition coefficient (Wildman–Crippen LogP) is 4.73. The Balaban J connectivity index is 1.57. The minimum atomic E-state index is -1.83. The molecule has 0 aliphatic heterocycles. The molecule has 0 bridgehead atoms. The zero-order valence-corrected chi connectivity index (χ0v) is 27.9. The summed E-state index contributed by atoms with van der Waals surface area (Å²) in [5.41, 5.74) is -0.414. The second kappa shape index (κ2) is 16.7. The Morgan fingerprint density at radius 2 is 1.31 bits per heavy atom. The van der Waals surface area contributed by atoms with Gasteiger partial charge in [-0.25, -0.2) is 0 Å². The van der Waals surface area contributed by atoms with Gasteiger partial charge in [-0.3, -0.25) is 24.0 Å². The summed E-state index contributed by atoms with van der Waals surface area (Å²) in [5.74, 6) is -1.95. The summed E-state index contributed by atoms with van der Waals surface area (Å²) < 4.78 is 11.6. The Hall–Kier alpha value is -5.97. The van der Waals surface area contributed by atoms with Gasteiger partial charge >= 0.3 is 5.97 Å². The summed E-state index contributed by atoms with van der Waals surface area (Å²) in [6.07, 6.45) is -0.272. The van der Waals surface area contributed by atoms with E-state index in [0.29, 0.717) is 22.6 Å². The van der Waals surface area contributed by atoms with E-state index >= 15 is 0 Å².